The normalized spacial score (nSPS) is 14.6. The number of aryl methyl sites for hydroxylation is 1. The van der Waals surface area contributed by atoms with Crippen molar-refractivity contribution in [1.29, 1.82) is 0 Å². The summed E-state index contributed by atoms with van der Waals surface area (Å²) in [5, 5.41) is 24.6. The minimum Gasteiger partial charge on any atom is -0.494 e. The fraction of sp³-hybridized carbons (Fsp3) is 0.182. The molecule has 7 nitrogen and oxygen atoms in total. The monoisotopic (exact) mass is 421 g/mol. The van der Waals surface area contributed by atoms with E-state index >= 15 is 0 Å². The van der Waals surface area contributed by atoms with Gasteiger partial charge in [-0.2, -0.15) is 15.3 Å². The Morgan fingerprint density at radius 2 is 1.93 bits per heavy atom. The van der Waals surface area contributed by atoms with E-state index in [0.717, 1.165) is 27.7 Å². The lowest BCUT2D eigenvalue weighted by Gasteiger charge is -2.12. The summed E-state index contributed by atoms with van der Waals surface area (Å²) in [4.78, 5) is 11.3. The maximum atomic E-state index is 11.3. The van der Waals surface area contributed by atoms with Crippen molar-refractivity contribution in [1.82, 2.24) is 9.99 Å². The molecule has 3 aromatic rings. The van der Waals surface area contributed by atoms with E-state index in [1.807, 2.05) is 41.8 Å². The zero-order chi connectivity index (χ0) is 21.1. The topological polar surface area (TPSA) is 91.3 Å². The molecule has 1 aromatic heterocycles. The second-order valence-electron chi connectivity index (χ2n) is 6.85. The Kier molecular flexibility index (Phi) is 5.63. The molecule has 1 aliphatic rings. The number of nitrogens with zero attached hydrogens (tertiary/aromatic N) is 4. The van der Waals surface area contributed by atoms with Crippen LogP contribution in [0.15, 0.2) is 57.8 Å². The lowest BCUT2D eigenvalue weighted by Crippen LogP contribution is -2.25. The molecule has 0 radical (unpaired) electrons. The number of rotatable bonds is 5. The molecule has 0 fully saturated rings. The number of halogens is 1. The van der Waals surface area contributed by atoms with Crippen LogP contribution in [0.4, 0.5) is 0 Å². The molecule has 2 aromatic carbocycles. The van der Waals surface area contributed by atoms with Gasteiger partial charge in [-0.15, -0.1) is 0 Å². The molecular formula is C22H20ClN5O2. The Morgan fingerprint density at radius 1 is 1.17 bits per heavy atom. The third-order valence-electron chi connectivity index (χ3n) is 4.96. The molecule has 1 amide bonds. The van der Waals surface area contributed by atoms with Gasteiger partial charge in [0.05, 0.1) is 29.2 Å². The number of hydrazone groups is 1. The number of nitrogens with one attached hydrogen (secondary N) is 1. The summed E-state index contributed by atoms with van der Waals surface area (Å²) in [5.41, 5.74) is 6.61. The van der Waals surface area contributed by atoms with Crippen molar-refractivity contribution in [3.63, 3.8) is 0 Å². The quantitative estimate of drug-likeness (QED) is 0.479. The molecule has 0 unspecified atom stereocenters. The van der Waals surface area contributed by atoms with Crippen LogP contribution in [0.1, 0.15) is 36.5 Å². The molecule has 0 aliphatic carbocycles. The minimum absolute atomic E-state index is 0.0768. The van der Waals surface area contributed by atoms with Gasteiger partial charge in [0, 0.05) is 29.8 Å². The van der Waals surface area contributed by atoms with E-state index < -0.39 is 0 Å². The first kappa shape index (κ1) is 19.8. The van der Waals surface area contributed by atoms with Crippen LogP contribution in [-0.2, 0) is 11.3 Å². The van der Waals surface area contributed by atoms with Crippen molar-refractivity contribution in [2.24, 2.45) is 15.3 Å². The third kappa shape index (κ3) is 3.97. The number of fused-ring (bicyclic) bond motifs is 1. The highest BCUT2D eigenvalue weighted by molar-refractivity contribution is 6.30. The molecule has 0 spiro atoms. The van der Waals surface area contributed by atoms with Crippen LogP contribution >= 0.6 is 11.6 Å². The fourth-order valence-corrected chi connectivity index (χ4v) is 3.54. The van der Waals surface area contributed by atoms with Gasteiger partial charge >= 0.3 is 0 Å². The van der Waals surface area contributed by atoms with Crippen molar-refractivity contribution in [2.75, 3.05) is 0 Å². The number of benzene rings is 2. The average Bonchev–Trinajstić information content (AvgIpc) is 3.03. The van der Waals surface area contributed by atoms with Crippen molar-refractivity contribution >= 4 is 46.6 Å². The summed E-state index contributed by atoms with van der Waals surface area (Å²) in [6, 6.07) is 13.1. The van der Waals surface area contributed by atoms with Crippen LogP contribution in [0.2, 0.25) is 5.02 Å². The highest BCUT2D eigenvalue weighted by Gasteiger charge is 2.18. The molecule has 0 bridgehead atoms. The number of aromatic hydroxyl groups is 1. The Labute approximate surface area is 178 Å². The minimum atomic E-state index is -0.0768. The van der Waals surface area contributed by atoms with Gasteiger partial charge in [0.1, 0.15) is 0 Å². The maximum absolute atomic E-state index is 11.3. The largest absolute Gasteiger partial charge is 0.494 e. The highest BCUT2D eigenvalue weighted by atomic mass is 35.5. The van der Waals surface area contributed by atoms with Crippen molar-refractivity contribution in [3.8, 4) is 5.88 Å². The second kappa shape index (κ2) is 8.51. The summed E-state index contributed by atoms with van der Waals surface area (Å²) >= 11 is 5.88. The van der Waals surface area contributed by atoms with Crippen LogP contribution in [0.3, 0.4) is 0 Å². The predicted molar refractivity (Wildman–Crippen MR) is 120 cm³/mol. The number of carbonyl (C=O) groups is 1. The zero-order valence-electron chi connectivity index (χ0n) is 16.3. The molecule has 2 N–H and O–H groups in total. The average molecular weight is 422 g/mol. The van der Waals surface area contributed by atoms with Crippen LogP contribution in [0.25, 0.3) is 10.9 Å². The van der Waals surface area contributed by atoms with Gasteiger partial charge in [-0.05, 0) is 36.2 Å². The number of amides is 1. The van der Waals surface area contributed by atoms with Gasteiger partial charge in [-0.3, -0.25) is 4.79 Å². The number of aromatic nitrogens is 1. The van der Waals surface area contributed by atoms with Crippen molar-refractivity contribution in [3.05, 3.63) is 64.2 Å². The molecule has 8 heteroatoms. The van der Waals surface area contributed by atoms with Crippen LogP contribution in [0.5, 0.6) is 5.88 Å². The second-order valence-corrected chi connectivity index (χ2v) is 7.28. The number of hydrogen-bond donors (Lipinski definition) is 2. The van der Waals surface area contributed by atoms with Gasteiger partial charge in [0.15, 0.2) is 0 Å². The first-order valence-corrected chi connectivity index (χ1v) is 9.97. The molecule has 4 rings (SSSR count). The van der Waals surface area contributed by atoms with Crippen LogP contribution < -0.4 is 5.43 Å². The summed E-state index contributed by atoms with van der Waals surface area (Å²) in [5.74, 6) is 0.0565. The van der Waals surface area contributed by atoms with E-state index in [4.69, 9.17) is 11.6 Å². The zero-order valence-corrected chi connectivity index (χ0v) is 17.1. The first-order chi connectivity index (χ1) is 14.6. The summed E-state index contributed by atoms with van der Waals surface area (Å²) in [6.07, 6.45) is 4.18. The lowest BCUT2D eigenvalue weighted by molar-refractivity contribution is -0.121. The first-order valence-electron chi connectivity index (χ1n) is 9.59. The third-order valence-corrected chi connectivity index (χ3v) is 5.21. The lowest BCUT2D eigenvalue weighted by atomic mass is 10.0. The molecule has 2 heterocycles. The van der Waals surface area contributed by atoms with Crippen molar-refractivity contribution < 1.29 is 9.90 Å². The van der Waals surface area contributed by atoms with Crippen LogP contribution in [0, 0.1) is 0 Å². The van der Waals surface area contributed by atoms with Gasteiger partial charge in [-0.25, -0.2) is 5.43 Å². The Bertz CT molecular complexity index is 1190. The molecule has 1 aliphatic heterocycles. The summed E-state index contributed by atoms with van der Waals surface area (Å²) in [6.45, 7) is 2.56. The number of hydrogen-bond acceptors (Lipinski definition) is 5. The summed E-state index contributed by atoms with van der Waals surface area (Å²) in [7, 11) is 0. The SMILES string of the molecule is CCn1c(O)c(/C=N/N=C/c2ccc(Cl)cc2)c2ccc(C3=NNC(=O)CC3)cc21. The molecule has 0 saturated heterocycles. The fourth-order valence-electron chi connectivity index (χ4n) is 3.41. The Balaban J connectivity index is 1.65. The molecule has 0 atom stereocenters. The molecule has 30 heavy (non-hydrogen) atoms. The highest BCUT2D eigenvalue weighted by Crippen LogP contribution is 2.31. The number of carbonyl (C=O) groups excluding carboxylic acids is 1. The van der Waals surface area contributed by atoms with Crippen molar-refractivity contribution in [2.45, 2.75) is 26.3 Å². The smallest absolute Gasteiger partial charge is 0.240 e. The van der Waals surface area contributed by atoms with E-state index in [9.17, 15) is 9.90 Å². The van der Waals surface area contributed by atoms with E-state index in [1.165, 1.54) is 0 Å². The molecule has 152 valence electrons. The van der Waals surface area contributed by atoms with E-state index in [1.54, 1.807) is 24.6 Å². The van der Waals surface area contributed by atoms with Crippen LogP contribution in [-0.4, -0.2) is 33.7 Å². The van der Waals surface area contributed by atoms with Gasteiger partial charge < -0.3 is 9.67 Å². The van der Waals surface area contributed by atoms with Gasteiger partial charge in [-0.1, -0.05) is 35.9 Å². The predicted octanol–water partition coefficient (Wildman–Crippen LogP) is 4.09. The Morgan fingerprint density at radius 3 is 2.63 bits per heavy atom. The van der Waals surface area contributed by atoms with Gasteiger partial charge in [0.2, 0.25) is 11.8 Å². The van der Waals surface area contributed by atoms with Gasteiger partial charge in [0.25, 0.3) is 0 Å². The Hall–Kier alpha value is -3.45. The molecular weight excluding hydrogens is 402 g/mol. The standard InChI is InChI=1S/C22H20ClN5O2/c1-2-28-20-11-15(19-9-10-21(29)27-26-19)5-8-17(20)18(22(28)30)13-25-24-12-14-3-6-16(23)7-4-14/h3-8,11-13,30H,2,9-10H2,1H3,(H,27,29)/b24-12+,25-13+. The maximum Gasteiger partial charge on any atom is 0.240 e. The summed E-state index contributed by atoms with van der Waals surface area (Å²) < 4.78 is 1.81. The molecule has 0 saturated carbocycles. The van der Waals surface area contributed by atoms with E-state index in [-0.39, 0.29) is 11.8 Å². The van der Waals surface area contributed by atoms with E-state index in [0.29, 0.717) is 30.0 Å². The van der Waals surface area contributed by atoms with E-state index in [2.05, 4.69) is 20.7 Å².